The lowest BCUT2D eigenvalue weighted by molar-refractivity contribution is -0.130. The smallest absolute Gasteiger partial charge is 0.236 e. The number of carbonyl (C=O) groups excluding carboxylic acids is 1. The van der Waals surface area contributed by atoms with Crippen LogP contribution in [0.15, 0.2) is 24.4 Å². The molecule has 20 heavy (non-hydrogen) atoms. The number of piperidine rings is 1. The molecule has 2 fully saturated rings. The average Bonchev–Trinajstić information content (AvgIpc) is 2.96. The third-order valence-corrected chi connectivity index (χ3v) is 4.35. The summed E-state index contributed by atoms with van der Waals surface area (Å²) in [6, 6.07) is 6.07. The molecule has 3 rings (SSSR count). The molecule has 5 nitrogen and oxygen atoms in total. The van der Waals surface area contributed by atoms with E-state index in [4.69, 9.17) is 4.74 Å². The maximum absolute atomic E-state index is 11.9. The monoisotopic (exact) mass is 275 g/mol. The summed E-state index contributed by atoms with van der Waals surface area (Å²) in [7, 11) is 3.61. The largest absolute Gasteiger partial charge is 0.472 e. The maximum Gasteiger partial charge on any atom is 0.236 e. The Hall–Kier alpha value is -1.62. The Balaban J connectivity index is 1.65. The van der Waals surface area contributed by atoms with Gasteiger partial charge in [0.25, 0.3) is 0 Å². The second-order valence-corrected chi connectivity index (χ2v) is 5.87. The van der Waals surface area contributed by atoms with Crippen molar-refractivity contribution in [3.8, 4) is 5.88 Å². The van der Waals surface area contributed by atoms with Gasteiger partial charge in [-0.25, -0.2) is 4.98 Å². The van der Waals surface area contributed by atoms with Crippen molar-refractivity contribution < 1.29 is 9.53 Å². The molecule has 1 aromatic heterocycles. The van der Waals surface area contributed by atoms with Crippen molar-refractivity contribution in [2.24, 2.45) is 5.92 Å². The van der Waals surface area contributed by atoms with E-state index in [0.717, 1.165) is 13.0 Å². The Morgan fingerprint density at radius 1 is 1.45 bits per heavy atom. The van der Waals surface area contributed by atoms with Crippen LogP contribution in [0, 0.1) is 5.92 Å². The molecule has 5 heteroatoms. The highest BCUT2D eigenvalue weighted by atomic mass is 16.5. The van der Waals surface area contributed by atoms with Gasteiger partial charge in [0.1, 0.15) is 6.10 Å². The van der Waals surface area contributed by atoms with E-state index in [1.165, 1.54) is 6.42 Å². The minimum Gasteiger partial charge on any atom is -0.472 e. The molecule has 2 aliphatic rings. The van der Waals surface area contributed by atoms with Crippen LogP contribution in [0.5, 0.6) is 5.88 Å². The van der Waals surface area contributed by atoms with E-state index in [1.54, 1.807) is 25.2 Å². The molecule has 1 amide bonds. The van der Waals surface area contributed by atoms with Crippen molar-refractivity contribution in [3.63, 3.8) is 0 Å². The van der Waals surface area contributed by atoms with Gasteiger partial charge in [-0.3, -0.25) is 9.69 Å². The lowest BCUT2D eigenvalue weighted by Gasteiger charge is -2.27. The van der Waals surface area contributed by atoms with Crippen LogP contribution < -0.4 is 4.74 Å². The van der Waals surface area contributed by atoms with Gasteiger partial charge in [0.2, 0.25) is 11.8 Å². The van der Waals surface area contributed by atoms with Crippen molar-refractivity contribution in [2.75, 3.05) is 27.2 Å². The predicted molar refractivity (Wildman–Crippen MR) is 75.4 cm³/mol. The molecule has 108 valence electrons. The lowest BCUT2D eigenvalue weighted by Crippen LogP contribution is -2.42. The summed E-state index contributed by atoms with van der Waals surface area (Å²) in [6.07, 6.45) is 4.23. The zero-order chi connectivity index (χ0) is 14.1. The summed E-state index contributed by atoms with van der Waals surface area (Å²) in [5.74, 6) is 1.38. The minimum atomic E-state index is 0.161. The number of ether oxygens (including phenoxy) is 1. The Kier molecular flexibility index (Phi) is 3.61. The molecular weight excluding hydrogens is 254 g/mol. The number of aromatic nitrogens is 1. The first-order valence-corrected chi connectivity index (χ1v) is 7.17. The number of hydrogen-bond acceptors (Lipinski definition) is 4. The van der Waals surface area contributed by atoms with Crippen LogP contribution >= 0.6 is 0 Å². The highest BCUT2D eigenvalue weighted by molar-refractivity contribution is 5.77. The molecule has 2 bridgehead atoms. The third kappa shape index (κ3) is 2.50. The molecule has 1 aliphatic heterocycles. The fourth-order valence-corrected chi connectivity index (χ4v) is 3.28. The Labute approximate surface area is 119 Å². The van der Waals surface area contributed by atoms with Gasteiger partial charge in [0.05, 0.1) is 6.54 Å². The molecule has 1 aromatic rings. The number of rotatable bonds is 4. The molecule has 2 heterocycles. The quantitative estimate of drug-likeness (QED) is 0.823. The molecular formula is C15H21N3O2. The van der Waals surface area contributed by atoms with Crippen molar-refractivity contribution in [1.29, 1.82) is 0 Å². The van der Waals surface area contributed by atoms with Crippen molar-refractivity contribution in [1.82, 2.24) is 14.8 Å². The van der Waals surface area contributed by atoms with Crippen LogP contribution in [0.3, 0.4) is 0 Å². The van der Waals surface area contributed by atoms with Crippen LogP contribution in [0.25, 0.3) is 0 Å². The highest BCUT2D eigenvalue weighted by Gasteiger charge is 2.49. The number of fused-ring (bicyclic) bond motifs is 2. The average molecular weight is 275 g/mol. The van der Waals surface area contributed by atoms with Crippen molar-refractivity contribution in [3.05, 3.63) is 24.4 Å². The Bertz CT molecular complexity index is 477. The van der Waals surface area contributed by atoms with Crippen LogP contribution in [0.1, 0.15) is 12.8 Å². The van der Waals surface area contributed by atoms with Crippen LogP contribution in [-0.2, 0) is 4.79 Å². The van der Waals surface area contributed by atoms with Gasteiger partial charge >= 0.3 is 0 Å². The summed E-state index contributed by atoms with van der Waals surface area (Å²) in [5.41, 5.74) is 0. The van der Waals surface area contributed by atoms with Gasteiger partial charge in [-0.05, 0) is 18.9 Å². The van der Waals surface area contributed by atoms with E-state index in [-0.39, 0.29) is 12.0 Å². The van der Waals surface area contributed by atoms with Gasteiger partial charge in [-0.2, -0.15) is 0 Å². The predicted octanol–water partition coefficient (Wildman–Crippen LogP) is 1.01. The molecule has 0 spiro atoms. The molecule has 0 aromatic carbocycles. The lowest BCUT2D eigenvalue weighted by atomic mass is 10.1. The molecule has 0 radical (unpaired) electrons. The summed E-state index contributed by atoms with van der Waals surface area (Å²) in [5, 5.41) is 0. The summed E-state index contributed by atoms with van der Waals surface area (Å²) in [4.78, 5) is 20.0. The van der Waals surface area contributed by atoms with Crippen LogP contribution in [-0.4, -0.2) is 60.0 Å². The normalized spacial score (nSPS) is 28.6. The van der Waals surface area contributed by atoms with E-state index in [9.17, 15) is 4.79 Å². The zero-order valence-corrected chi connectivity index (χ0v) is 12.0. The molecule has 1 saturated heterocycles. The minimum absolute atomic E-state index is 0.161. The number of pyridine rings is 1. The Morgan fingerprint density at radius 2 is 2.30 bits per heavy atom. The second-order valence-electron chi connectivity index (χ2n) is 5.87. The Morgan fingerprint density at radius 3 is 3.00 bits per heavy atom. The van der Waals surface area contributed by atoms with E-state index in [0.29, 0.717) is 24.4 Å². The fourth-order valence-electron chi connectivity index (χ4n) is 3.28. The van der Waals surface area contributed by atoms with Gasteiger partial charge in [0, 0.05) is 44.9 Å². The van der Waals surface area contributed by atoms with Gasteiger partial charge in [0.15, 0.2) is 0 Å². The molecule has 0 N–H and O–H groups in total. The SMILES string of the molecule is CN(C)C(=O)CN1CC2CCC1C2Oc1ccccn1. The molecule has 1 saturated carbocycles. The number of amides is 1. The van der Waals surface area contributed by atoms with Crippen LogP contribution in [0.4, 0.5) is 0 Å². The number of carbonyl (C=O) groups is 1. The third-order valence-electron chi connectivity index (χ3n) is 4.35. The number of hydrogen-bond donors (Lipinski definition) is 0. The first kappa shape index (κ1) is 13.4. The van der Waals surface area contributed by atoms with E-state index in [1.807, 2.05) is 18.2 Å². The number of likely N-dealkylation sites (tertiary alicyclic amines) is 1. The van der Waals surface area contributed by atoms with Crippen LogP contribution in [0.2, 0.25) is 0 Å². The van der Waals surface area contributed by atoms with Crippen molar-refractivity contribution in [2.45, 2.75) is 25.0 Å². The molecule has 3 atom stereocenters. The summed E-state index contributed by atoms with van der Waals surface area (Å²) in [6.45, 7) is 1.46. The topological polar surface area (TPSA) is 45.7 Å². The zero-order valence-electron chi connectivity index (χ0n) is 12.0. The summed E-state index contributed by atoms with van der Waals surface area (Å²) >= 11 is 0. The van der Waals surface area contributed by atoms with Gasteiger partial charge < -0.3 is 9.64 Å². The van der Waals surface area contributed by atoms with E-state index >= 15 is 0 Å². The summed E-state index contributed by atoms with van der Waals surface area (Å²) < 4.78 is 6.06. The highest BCUT2D eigenvalue weighted by Crippen LogP contribution is 2.39. The molecule has 3 unspecified atom stereocenters. The van der Waals surface area contributed by atoms with Gasteiger partial charge in [-0.1, -0.05) is 6.07 Å². The first-order valence-electron chi connectivity index (χ1n) is 7.17. The van der Waals surface area contributed by atoms with Crippen molar-refractivity contribution >= 4 is 5.91 Å². The van der Waals surface area contributed by atoms with E-state index < -0.39 is 0 Å². The number of nitrogens with zero attached hydrogens (tertiary/aromatic N) is 3. The first-order chi connectivity index (χ1) is 9.65. The van der Waals surface area contributed by atoms with E-state index in [2.05, 4.69) is 9.88 Å². The van der Waals surface area contributed by atoms with Gasteiger partial charge in [-0.15, -0.1) is 0 Å². The maximum atomic E-state index is 11.9. The molecule has 1 aliphatic carbocycles. The second kappa shape index (κ2) is 5.40. The fraction of sp³-hybridized carbons (Fsp3) is 0.600. The number of likely N-dealkylation sites (N-methyl/N-ethyl adjacent to an activating group) is 1. The standard InChI is InChI=1S/C15H21N3O2/c1-17(2)14(19)10-18-9-11-6-7-12(18)15(11)20-13-5-3-4-8-16-13/h3-5,8,11-12,15H,6-7,9-10H2,1-2H3.